The number of hydrogen-bond donors (Lipinski definition) is 0. The standard InChI is InChI=1S/C17H26N8O/c1-3-14-18-16(26-20-14)17-6-7-23(2)8-12(17)9-24(11-17)10-15-19-21-22-25(15)13-4-5-13/h12-13H,3-11H2,1-2H3/t12-,17-/m1/s1. The summed E-state index contributed by atoms with van der Waals surface area (Å²) in [6.07, 6.45) is 4.25. The first-order chi connectivity index (χ1) is 12.7. The molecule has 9 nitrogen and oxygen atoms in total. The Labute approximate surface area is 152 Å². The number of aryl methyl sites for hydroxylation is 1. The smallest absolute Gasteiger partial charge is 0.234 e. The van der Waals surface area contributed by atoms with Crippen molar-refractivity contribution in [3.05, 3.63) is 17.5 Å². The van der Waals surface area contributed by atoms with Crippen molar-refractivity contribution < 1.29 is 4.52 Å². The topological polar surface area (TPSA) is 89.0 Å². The predicted octanol–water partition coefficient (Wildman–Crippen LogP) is 0.659. The summed E-state index contributed by atoms with van der Waals surface area (Å²) in [5.74, 6) is 3.12. The van der Waals surface area contributed by atoms with E-state index in [2.05, 4.69) is 44.5 Å². The van der Waals surface area contributed by atoms with E-state index in [-0.39, 0.29) is 5.41 Å². The average molecular weight is 358 g/mol. The van der Waals surface area contributed by atoms with Crippen molar-refractivity contribution in [2.24, 2.45) is 5.92 Å². The minimum absolute atomic E-state index is 0.0369. The van der Waals surface area contributed by atoms with Gasteiger partial charge in [-0.15, -0.1) is 5.10 Å². The average Bonchev–Trinajstić information content (AvgIpc) is 3.06. The van der Waals surface area contributed by atoms with E-state index in [1.54, 1.807) is 0 Å². The summed E-state index contributed by atoms with van der Waals surface area (Å²) in [5.41, 5.74) is -0.0369. The Kier molecular flexibility index (Phi) is 3.82. The first-order valence-electron chi connectivity index (χ1n) is 9.68. The quantitative estimate of drug-likeness (QED) is 0.770. The van der Waals surface area contributed by atoms with Gasteiger partial charge in [0.25, 0.3) is 0 Å². The second-order valence-corrected chi connectivity index (χ2v) is 8.18. The van der Waals surface area contributed by atoms with Crippen LogP contribution >= 0.6 is 0 Å². The SMILES string of the molecule is CCc1noc([C@@]23CCN(C)C[C@@H]2CN(Cc2nnnn2C2CC2)C3)n1. The molecule has 0 unspecified atom stereocenters. The maximum atomic E-state index is 5.74. The van der Waals surface area contributed by atoms with E-state index in [0.717, 1.165) is 63.1 Å². The number of hydrogen-bond acceptors (Lipinski definition) is 8. The molecule has 1 aliphatic carbocycles. The second-order valence-electron chi connectivity index (χ2n) is 8.18. The highest BCUT2D eigenvalue weighted by atomic mass is 16.5. The summed E-state index contributed by atoms with van der Waals surface area (Å²) in [6.45, 7) is 6.94. The Hall–Kier alpha value is -1.87. The Morgan fingerprint density at radius 3 is 2.92 bits per heavy atom. The van der Waals surface area contributed by atoms with Gasteiger partial charge in [-0.25, -0.2) is 4.68 Å². The van der Waals surface area contributed by atoms with Gasteiger partial charge in [0.1, 0.15) is 0 Å². The van der Waals surface area contributed by atoms with Gasteiger partial charge in [0.2, 0.25) is 5.89 Å². The molecular formula is C17H26N8O. The molecule has 3 aliphatic rings. The molecule has 9 heteroatoms. The van der Waals surface area contributed by atoms with Crippen LogP contribution in [0, 0.1) is 5.92 Å². The second kappa shape index (κ2) is 6.09. The largest absolute Gasteiger partial charge is 0.339 e. The molecule has 3 fully saturated rings. The molecule has 0 spiro atoms. The van der Waals surface area contributed by atoms with E-state index in [0.29, 0.717) is 12.0 Å². The Bertz CT molecular complexity index is 783. The number of tetrazole rings is 1. The summed E-state index contributed by atoms with van der Waals surface area (Å²) in [6, 6.07) is 0.507. The Morgan fingerprint density at radius 1 is 1.27 bits per heavy atom. The van der Waals surface area contributed by atoms with Gasteiger partial charge in [-0.05, 0) is 49.2 Å². The first-order valence-corrected chi connectivity index (χ1v) is 9.68. The Morgan fingerprint density at radius 2 is 2.15 bits per heavy atom. The molecule has 2 aromatic heterocycles. The maximum Gasteiger partial charge on any atom is 0.234 e. The number of likely N-dealkylation sites (tertiary alicyclic amines) is 2. The highest BCUT2D eigenvalue weighted by Crippen LogP contribution is 2.45. The molecule has 0 amide bonds. The highest BCUT2D eigenvalue weighted by molar-refractivity contribution is 5.17. The van der Waals surface area contributed by atoms with E-state index >= 15 is 0 Å². The van der Waals surface area contributed by atoms with Gasteiger partial charge in [-0.3, -0.25) is 4.90 Å². The molecule has 2 aliphatic heterocycles. The number of rotatable bonds is 5. The van der Waals surface area contributed by atoms with Crippen molar-refractivity contribution in [3.63, 3.8) is 0 Å². The number of fused-ring (bicyclic) bond motifs is 1. The number of aromatic nitrogens is 6. The van der Waals surface area contributed by atoms with Crippen LogP contribution in [0.2, 0.25) is 0 Å². The summed E-state index contributed by atoms with van der Waals surface area (Å²) >= 11 is 0. The minimum atomic E-state index is -0.0369. The van der Waals surface area contributed by atoms with Gasteiger partial charge in [-0.2, -0.15) is 4.98 Å². The molecule has 0 bridgehead atoms. The summed E-state index contributed by atoms with van der Waals surface area (Å²) in [5, 5.41) is 16.6. The molecule has 0 radical (unpaired) electrons. The molecule has 4 heterocycles. The van der Waals surface area contributed by atoms with Crippen molar-refractivity contribution in [3.8, 4) is 0 Å². The fourth-order valence-corrected chi connectivity index (χ4v) is 4.64. The van der Waals surface area contributed by atoms with Gasteiger partial charge in [-0.1, -0.05) is 12.1 Å². The maximum absolute atomic E-state index is 5.74. The zero-order valence-corrected chi connectivity index (χ0v) is 15.5. The third-order valence-electron chi connectivity index (χ3n) is 6.27. The van der Waals surface area contributed by atoms with Crippen LogP contribution in [-0.4, -0.2) is 73.4 Å². The molecule has 140 valence electrons. The molecule has 2 saturated heterocycles. The van der Waals surface area contributed by atoms with Gasteiger partial charge >= 0.3 is 0 Å². The van der Waals surface area contributed by atoms with Gasteiger partial charge in [0.05, 0.1) is 18.0 Å². The molecule has 26 heavy (non-hydrogen) atoms. The van der Waals surface area contributed by atoms with Crippen LogP contribution in [0.3, 0.4) is 0 Å². The van der Waals surface area contributed by atoms with Crippen LogP contribution in [0.4, 0.5) is 0 Å². The van der Waals surface area contributed by atoms with E-state index < -0.39 is 0 Å². The van der Waals surface area contributed by atoms with Crippen LogP contribution in [-0.2, 0) is 18.4 Å². The van der Waals surface area contributed by atoms with Crippen LogP contribution < -0.4 is 0 Å². The van der Waals surface area contributed by atoms with E-state index in [1.165, 1.54) is 12.8 Å². The monoisotopic (exact) mass is 358 g/mol. The van der Waals surface area contributed by atoms with Crippen molar-refractivity contribution in [1.82, 2.24) is 40.1 Å². The van der Waals surface area contributed by atoms with E-state index in [4.69, 9.17) is 9.51 Å². The molecule has 0 aromatic carbocycles. The first kappa shape index (κ1) is 16.3. The van der Waals surface area contributed by atoms with Gasteiger partial charge < -0.3 is 9.42 Å². The third-order valence-corrected chi connectivity index (χ3v) is 6.27. The fraction of sp³-hybridized carbons (Fsp3) is 0.824. The van der Waals surface area contributed by atoms with Crippen molar-refractivity contribution >= 4 is 0 Å². The zero-order valence-electron chi connectivity index (χ0n) is 15.5. The van der Waals surface area contributed by atoms with Crippen molar-refractivity contribution in [1.29, 1.82) is 0 Å². The summed E-state index contributed by atoms with van der Waals surface area (Å²) in [7, 11) is 2.20. The lowest BCUT2D eigenvalue weighted by molar-refractivity contribution is 0.118. The van der Waals surface area contributed by atoms with Crippen molar-refractivity contribution in [2.75, 3.05) is 33.2 Å². The third kappa shape index (κ3) is 2.64. The number of nitrogens with zero attached hydrogens (tertiary/aromatic N) is 8. The lowest BCUT2D eigenvalue weighted by atomic mass is 9.72. The normalized spacial score (nSPS) is 30.0. The van der Waals surface area contributed by atoms with E-state index in [1.807, 2.05) is 4.68 Å². The zero-order chi connectivity index (χ0) is 17.7. The van der Waals surface area contributed by atoms with Crippen LogP contribution in [0.15, 0.2) is 4.52 Å². The van der Waals surface area contributed by atoms with Gasteiger partial charge in [0.15, 0.2) is 11.6 Å². The molecule has 5 rings (SSSR count). The van der Waals surface area contributed by atoms with Crippen LogP contribution in [0.5, 0.6) is 0 Å². The van der Waals surface area contributed by atoms with Gasteiger partial charge in [0, 0.05) is 26.1 Å². The van der Waals surface area contributed by atoms with Crippen LogP contribution in [0.25, 0.3) is 0 Å². The van der Waals surface area contributed by atoms with Crippen molar-refractivity contribution in [2.45, 2.75) is 50.6 Å². The highest BCUT2D eigenvalue weighted by Gasteiger charge is 2.53. The van der Waals surface area contributed by atoms with Crippen LogP contribution in [0.1, 0.15) is 49.8 Å². The fourth-order valence-electron chi connectivity index (χ4n) is 4.64. The Balaban J connectivity index is 1.41. The molecule has 2 atom stereocenters. The minimum Gasteiger partial charge on any atom is -0.339 e. The predicted molar refractivity (Wildman–Crippen MR) is 92.3 cm³/mol. The molecular weight excluding hydrogens is 332 g/mol. The number of piperidine rings is 1. The molecule has 0 N–H and O–H groups in total. The lowest BCUT2D eigenvalue weighted by Gasteiger charge is -2.39. The summed E-state index contributed by atoms with van der Waals surface area (Å²) < 4.78 is 7.76. The lowest BCUT2D eigenvalue weighted by Crippen LogP contribution is -2.48. The molecule has 2 aromatic rings. The van der Waals surface area contributed by atoms with E-state index in [9.17, 15) is 0 Å². The summed E-state index contributed by atoms with van der Waals surface area (Å²) in [4.78, 5) is 9.62. The molecule has 1 saturated carbocycles.